The average Bonchev–Trinajstić information content (AvgIpc) is 2.72. The number of anilines is 1. The Balaban J connectivity index is 1.68. The van der Waals surface area contributed by atoms with Gasteiger partial charge in [0.2, 0.25) is 0 Å². The summed E-state index contributed by atoms with van der Waals surface area (Å²) in [5, 5.41) is 10.4. The highest BCUT2D eigenvalue weighted by Gasteiger charge is 2.10. The third-order valence-corrected chi connectivity index (χ3v) is 5.37. The highest BCUT2D eigenvalue weighted by molar-refractivity contribution is 7.95. The van der Waals surface area contributed by atoms with Crippen LogP contribution in [0.1, 0.15) is 27.0 Å². The molecule has 0 spiro atoms. The van der Waals surface area contributed by atoms with Gasteiger partial charge in [0.25, 0.3) is 10.0 Å². The van der Waals surface area contributed by atoms with E-state index in [1.165, 1.54) is 6.08 Å². The zero-order chi connectivity index (χ0) is 20.7. The lowest BCUT2D eigenvalue weighted by molar-refractivity contribution is 0.0695. The molecular formula is C23H21NO4S. The molecule has 0 fully saturated rings. The van der Waals surface area contributed by atoms with Crippen LogP contribution in [0.4, 0.5) is 5.69 Å². The van der Waals surface area contributed by atoms with E-state index in [1.54, 1.807) is 36.4 Å². The van der Waals surface area contributed by atoms with Crippen LogP contribution in [0.2, 0.25) is 0 Å². The number of carbonyl (C=O) groups is 1. The van der Waals surface area contributed by atoms with Crippen LogP contribution in [0, 0.1) is 0 Å². The molecule has 0 aromatic heterocycles. The van der Waals surface area contributed by atoms with Gasteiger partial charge in [0, 0.05) is 5.69 Å². The number of carboxylic acid groups (broad SMARTS) is 1. The van der Waals surface area contributed by atoms with Crippen molar-refractivity contribution in [1.82, 2.24) is 0 Å². The maximum Gasteiger partial charge on any atom is 0.335 e. The molecule has 0 saturated carbocycles. The summed E-state index contributed by atoms with van der Waals surface area (Å²) < 4.78 is 27.2. The van der Waals surface area contributed by atoms with Crippen LogP contribution >= 0.6 is 0 Å². The Morgan fingerprint density at radius 2 is 1.62 bits per heavy atom. The predicted molar refractivity (Wildman–Crippen MR) is 115 cm³/mol. The number of carboxylic acids is 1. The van der Waals surface area contributed by atoms with Crippen molar-refractivity contribution in [2.24, 2.45) is 0 Å². The molecule has 29 heavy (non-hydrogen) atoms. The van der Waals surface area contributed by atoms with Gasteiger partial charge in [-0.2, -0.15) is 0 Å². The third-order valence-electron chi connectivity index (χ3n) is 4.36. The summed E-state index contributed by atoms with van der Waals surface area (Å²) in [6, 6.07) is 23.2. The quantitative estimate of drug-likeness (QED) is 0.572. The van der Waals surface area contributed by atoms with Gasteiger partial charge in [-0.25, -0.2) is 13.2 Å². The highest BCUT2D eigenvalue weighted by Crippen LogP contribution is 2.17. The molecule has 0 aliphatic carbocycles. The van der Waals surface area contributed by atoms with Crippen molar-refractivity contribution < 1.29 is 18.3 Å². The van der Waals surface area contributed by atoms with Gasteiger partial charge in [-0.15, -0.1) is 0 Å². The molecule has 2 N–H and O–H groups in total. The molecule has 148 valence electrons. The molecular weight excluding hydrogens is 386 g/mol. The van der Waals surface area contributed by atoms with Crippen LogP contribution in [0.25, 0.3) is 6.08 Å². The van der Waals surface area contributed by atoms with Crippen LogP contribution in [-0.2, 0) is 22.9 Å². The normalized spacial score (nSPS) is 11.4. The lowest BCUT2D eigenvalue weighted by Crippen LogP contribution is -2.09. The monoisotopic (exact) mass is 407 g/mol. The first kappa shape index (κ1) is 20.4. The molecule has 0 bridgehead atoms. The Hall–Kier alpha value is -3.38. The molecule has 3 aromatic rings. The second kappa shape index (κ2) is 9.21. The lowest BCUT2D eigenvalue weighted by Gasteiger charge is -2.09. The predicted octanol–water partition coefficient (Wildman–Crippen LogP) is 4.58. The number of rotatable bonds is 8. The van der Waals surface area contributed by atoms with E-state index < -0.39 is 16.0 Å². The number of aryl methyl sites for hydroxylation is 2. The zero-order valence-corrected chi connectivity index (χ0v) is 16.5. The zero-order valence-electron chi connectivity index (χ0n) is 15.7. The maximum absolute atomic E-state index is 12.3. The maximum atomic E-state index is 12.3. The van der Waals surface area contributed by atoms with E-state index in [1.807, 2.05) is 42.5 Å². The van der Waals surface area contributed by atoms with E-state index in [4.69, 9.17) is 0 Å². The molecule has 0 aliphatic heterocycles. The van der Waals surface area contributed by atoms with E-state index in [0.717, 1.165) is 22.1 Å². The summed E-state index contributed by atoms with van der Waals surface area (Å²) in [6.45, 7) is 0. The summed E-state index contributed by atoms with van der Waals surface area (Å²) in [5.74, 6) is -0.952. The topological polar surface area (TPSA) is 83.5 Å². The first-order valence-electron chi connectivity index (χ1n) is 9.09. The number of hydrogen-bond acceptors (Lipinski definition) is 3. The summed E-state index contributed by atoms with van der Waals surface area (Å²) in [7, 11) is -3.64. The van der Waals surface area contributed by atoms with Crippen LogP contribution in [0.5, 0.6) is 0 Å². The van der Waals surface area contributed by atoms with Gasteiger partial charge in [0.05, 0.1) is 11.0 Å². The van der Waals surface area contributed by atoms with Crippen LogP contribution in [0.3, 0.4) is 0 Å². The summed E-state index contributed by atoms with van der Waals surface area (Å²) in [6.07, 6.45) is 2.68. The molecule has 6 heteroatoms. The van der Waals surface area contributed by atoms with Gasteiger partial charge in [-0.3, -0.25) is 4.72 Å². The van der Waals surface area contributed by atoms with E-state index in [-0.39, 0.29) is 5.56 Å². The van der Waals surface area contributed by atoms with Crippen molar-refractivity contribution in [1.29, 1.82) is 0 Å². The molecule has 0 unspecified atom stereocenters. The Labute approximate surface area is 170 Å². The standard InChI is InChI=1S/C23H21NO4S/c25-23(26)22-12-5-4-10-20(22)14-13-19-9-6-11-21(17-19)24-29(27,28)16-15-18-7-2-1-3-8-18/h1-12,15-17,24H,13-14H2,(H,25,26)/b16-15+. The average molecular weight is 407 g/mol. The van der Waals surface area contributed by atoms with Crippen LogP contribution in [-0.4, -0.2) is 19.5 Å². The van der Waals surface area contributed by atoms with Crippen molar-refractivity contribution in [2.75, 3.05) is 4.72 Å². The molecule has 0 saturated heterocycles. The molecule has 3 aromatic carbocycles. The fraction of sp³-hybridized carbons (Fsp3) is 0.0870. The largest absolute Gasteiger partial charge is 0.478 e. The van der Waals surface area contributed by atoms with Gasteiger partial charge in [-0.1, -0.05) is 60.7 Å². The first-order chi connectivity index (χ1) is 13.9. The Bertz CT molecular complexity index is 1120. The molecule has 0 heterocycles. The minimum absolute atomic E-state index is 0.287. The number of benzene rings is 3. The first-order valence-corrected chi connectivity index (χ1v) is 10.6. The van der Waals surface area contributed by atoms with Gasteiger partial charge in [0.15, 0.2) is 0 Å². The van der Waals surface area contributed by atoms with E-state index >= 15 is 0 Å². The van der Waals surface area contributed by atoms with E-state index in [0.29, 0.717) is 18.5 Å². The molecule has 0 atom stereocenters. The SMILES string of the molecule is O=C(O)c1ccccc1CCc1cccc(NS(=O)(=O)/C=C/c2ccccc2)c1. The van der Waals surface area contributed by atoms with Crippen molar-refractivity contribution in [2.45, 2.75) is 12.8 Å². The Morgan fingerprint density at radius 1 is 0.897 bits per heavy atom. The van der Waals surface area contributed by atoms with Crippen LogP contribution in [0.15, 0.2) is 84.3 Å². The summed E-state index contributed by atoms with van der Waals surface area (Å²) in [5.41, 5.74) is 3.21. The lowest BCUT2D eigenvalue weighted by atomic mass is 10.00. The summed E-state index contributed by atoms with van der Waals surface area (Å²) >= 11 is 0. The molecule has 3 rings (SSSR count). The number of aromatic carboxylic acids is 1. The van der Waals surface area contributed by atoms with Gasteiger partial charge in [-0.05, 0) is 53.8 Å². The highest BCUT2D eigenvalue weighted by atomic mass is 32.2. The smallest absolute Gasteiger partial charge is 0.335 e. The van der Waals surface area contributed by atoms with Crippen LogP contribution < -0.4 is 4.72 Å². The summed E-state index contributed by atoms with van der Waals surface area (Å²) in [4.78, 5) is 11.3. The van der Waals surface area contributed by atoms with Crippen molar-refractivity contribution in [3.63, 3.8) is 0 Å². The van der Waals surface area contributed by atoms with Gasteiger partial charge in [0.1, 0.15) is 0 Å². The Kier molecular flexibility index (Phi) is 6.46. The van der Waals surface area contributed by atoms with Gasteiger partial charge < -0.3 is 5.11 Å². The molecule has 0 radical (unpaired) electrons. The molecule has 0 amide bonds. The third kappa shape index (κ3) is 6.05. The fourth-order valence-electron chi connectivity index (χ4n) is 2.95. The van der Waals surface area contributed by atoms with Crippen molar-refractivity contribution >= 4 is 27.8 Å². The van der Waals surface area contributed by atoms with Crippen molar-refractivity contribution in [3.8, 4) is 0 Å². The molecule has 0 aliphatic rings. The Morgan fingerprint density at radius 3 is 2.38 bits per heavy atom. The minimum atomic E-state index is -3.64. The fourth-order valence-corrected chi connectivity index (χ4v) is 3.81. The minimum Gasteiger partial charge on any atom is -0.478 e. The number of sulfonamides is 1. The van der Waals surface area contributed by atoms with Crippen molar-refractivity contribution in [3.05, 3.63) is 107 Å². The van der Waals surface area contributed by atoms with E-state index in [2.05, 4.69) is 4.72 Å². The molecule has 5 nitrogen and oxygen atoms in total. The van der Waals surface area contributed by atoms with Gasteiger partial charge >= 0.3 is 5.97 Å². The second-order valence-electron chi connectivity index (χ2n) is 6.52. The number of nitrogens with one attached hydrogen (secondary N) is 1. The van der Waals surface area contributed by atoms with E-state index in [9.17, 15) is 18.3 Å². The number of hydrogen-bond donors (Lipinski definition) is 2. The second-order valence-corrected chi connectivity index (χ2v) is 8.09.